The van der Waals surface area contributed by atoms with E-state index in [1.165, 1.54) is 5.56 Å². The van der Waals surface area contributed by atoms with Gasteiger partial charge in [-0.05, 0) is 37.1 Å². The van der Waals surface area contributed by atoms with Crippen LogP contribution in [0, 0.1) is 6.92 Å². The zero-order chi connectivity index (χ0) is 15.4. The molecule has 4 heteroatoms. The van der Waals surface area contributed by atoms with Crippen molar-refractivity contribution < 1.29 is 4.79 Å². The van der Waals surface area contributed by atoms with E-state index < -0.39 is 0 Å². The molecule has 1 aromatic heterocycles. The maximum atomic E-state index is 12.5. The van der Waals surface area contributed by atoms with Crippen LogP contribution in [0.4, 0.5) is 5.82 Å². The minimum atomic E-state index is -0.109. The Morgan fingerprint density at radius 2 is 1.90 bits per heavy atom. The maximum Gasteiger partial charge on any atom is 0.255 e. The van der Waals surface area contributed by atoms with Gasteiger partial charge in [-0.3, -0.25) is 4.79 Å². The van der Waals surface area contributed by atoms with Gasteiger partial charge in [0.05, 0.1) is 11.6 Å². The topological polar surface area (TPSA) is 45.2 Å². The molecule has 4 nitrogen and oxygen atoms in total. The highest BCUT2D eigenvalue weighted by molar-refractivity contribution is 5.99. The zero-order valence-corrected chi connectivity index (χ0v) is 12.9. The van der Waals surface area contributed by atoms with E-state index >= 15 is 0 Å². The van der Waals surface area contributed by atoms with Gasteiger partial charge in [-0.1, -0.05) is 24.3 Å². The molecular weight excluding hydrogens is 262 g/mol. The lowest BCUT2D eigenvalue weighted by atomic mass is 10.0. The van der Waals surface area contributed by atoms with Crippen molar-refractivity contribution >= 4 is 11.7 Å². The van der Waals surface area contributed by atoms with E-state index in [1.54, 1.807) is 18.3 Å². The molecule has 0 spiro atoms. The van der Waals surface area contributed by atoms with Crippen LogP contribution >= 0.6 is 0 Å². The largest absolute Gasteiger partial charge is 0.362 e. The fraction of sp³-hybridized carbons (Fsp3) is 0.294. The number of aromatic nitrogens is 1. The number of pyridine rings is 1. The van der Waals surface area contributed by atoms with Crippen LogP contribution in [0.25, 0.3) is 0 Å². The van der Waals surface area contributed by atoms with Gasteiger partial charge in [-0.25, -0.2) is 4.98 Å². The molecule has 0 aliphatic heterocycles. The van der Waals surface area contributed by atoms with Crippen LogP contribution in [0.2, 0.25) is 0 Å². The first-order valence-electron chi connectivity index (χ1n) is 6.99. The monoisotopic (exact) mass is 283 g/mol. The number of benzene rings is 1. The van der Waals surface area contributed by atoms with Crippen molar-refractivity contribution in [2.24, 2.45) is 0 Å². The second-order valence-electron chi connectivity index (χ2n) is 5.32. The second-order valence-corrected chi connectivity index (χ2v) is 5.32. The van der Waals surface area contributed by atoms with Crippen LogP contribution in [0.15, 0.2) is 42.6 Å². The molecule has 0 fully saturated rings. The fourth-order valence-corrected chi connectivity index (χ4v) is 2.36. The summed E-state index contributed by atoms with van der Waals surface area (Å²) in [6.45, 7) is 4.04. The fourth-order valence-electron chi connectivity index (χ4n) is 2.36. The third kappa shape index (κ3) is 3.40. The Morgan fingerprint density at radius 1 is 1.19 bits per heavy atom. The van der Waals surface area contributed by atoms with Crippen molar-refractivity contribution in [3.8, 4) is 0 Å². The van der Waals surface area contributed by atoms with E-state index in [4.69, 9.17) is 0 Å². The second kappa shape index (κ2) is 6.39. The number of carbonyl (C=O) groups is 1. The number of rotatable bonds is 4. The molecule has 2 rings (SSSR count). The summed E-state index contributed by atoms with van der Waals surface area (Å²) >= 11 is 0. The van der Waals surface area contributed by atoms with Crippen molar-refractivity contribution in [1.29, 1.82) is 0 Å². The number of hydrogen-bond acceptors (Lipinski definition) is 3. The summed E-state index contributed by atoms with van der Waals surface area (Å²) in [4.78, 5) is 18.6. The molecule has 1 atom stereocenters. The molecule has 0 aliphatic rings. The van der Waals surface area contributed by atoms with Crippen molar-refractivity contribution in [2.75, 3.05) is 19.0 Å². The Hall–Kier alpha value is -2.36. The van der Waals surface area contributed by atoms with Gasteiger partial charge in [0.1, 0.15) is 5.82 Å². The average Bonchev–Trinajstić information content (AvgIpc) is 2.47. The van der Waals surface area contributed by atoms with Gasteiger partial charge in [0.2, 0.25) is 0 Å². The van der Waals surface area contributed by atoms with E-state index in [9.17, 15) is 4.79 Å². The third-order valence-corrected chi connectivity index (χ3v) is 3.46. The number of nitrogens with one attached hydrogen (secondary N) is 1. The van der Waals surface area contributed by atoms with Gasteiger partial charge in [0, 0.05) is 20.3 Å². The predicted octanol–water partition coefficient (Wildman–Crippen LogP) is 2.95. The molecule has 0 bridgehead atoms. The molecule has 0 saturated carbocycles. The normalized spacial score (nSPS) is 11.8. The summed E-state index contributed by atoms with van der Waals surface area (Å²) in [5.41, 5.74) is 2.88. The summed E-state index contributed by atoms with van der Waals surface area (Å²) in [7, 11) is 3.76. The minimum absolute atomic E-state index is 0.0473. The van der Waals surface area contributed by atoms with Gasteiger partial charge in [-0.2, -0.15) is 0 Å². The molecule has 110 valence electrons. The van der Waals surface area contributed by atoms with Gasteiger partial charge in [0.15, 0.2) is 0 Å². The molecule has 1 aromatic carbocycles. The third-order valence-electron chi connectivity index (χ3n) is 3.46. The number of anilines is 1. The first-order valence-corrected chi connectivity index (χ1v) is 6.99. The highest BCUT2D eigenvalue weighted by Crippen LogP contribution is 2.19. The van der Waals surface area contributed by atoms with Crippen molar-refractivity contribution in [3.63, 3.8) is 0 Å². The lowest BCUT2D eigenvalue weighted by Crippen LogP contribution is -2.29. The first kappa shape index (κ1) is 15.0. The summed E-state index contributed by atoms with van der Waals surface area (Å²) in [5, 5.41) is 3.04. The van der Waals surface area contributed by atoms with E-state index in [-0.39, 0.29) is 11.9 Å². The minimum Gasteiger partial charge on any atom is -0.362 e. The lowest BCUT2D eigenvalue weighted by Gasteiger charge is -2.19. The SMILES string of the molecule is Cc1ccccc1C(C)NC(=O)c1cccnc1N(C)C. The smallest absolute Gasteiger partial charge is 0.255 e. The van der Waals surface area contributed by atoms with E-state index in [0.29, 0.717) is 11.4 Å². The molecule has 1 heterocycles. The number of aryl methyl sites for hydroxylation is 1. The average molecular weight is 283 g/mol. The van der Waals surface area contributed by atoms with Gasteiger partial charge >= 0.3 is 0 Å². The van der Waals surface area contributed by atoms with Gasteiger partial charge < -0.3 is 10.2 Å². The molecule has 1 N–H and O–H groups in total. The molecule has 1 unspecified atom stereocenters. The Kier molecular flexibility index (Phi) is 4.58. The summed E-state index contributed by atoms with van der Waals surface area (Å²) in [6, 6.07) is 11.6. The zero-order valence-electron chi connectivity index (χ0n) is 12.9. The number of amides is 1. The van der Waals surface area contributed by atoms with Crippen LogP contribution in [-0.2, 0) is 0 Å². The quantitative estimate of drug-likeness (QED) is 0.938. The van der Waals surface area contributed by atoms with E-state index in [1.807, 2.05) is 57.1 Å². The van der Waals surface area contributed by atoms with Crippen LogP contribution < -0.4 is 10.2 Å². The van der Waals surface area contributed by atoms with E-state index in [2.05, 4.69) is 10.3 Å². The molecule has 0 aliphatic carbocycles. The Morgan fingerprint density at radius 3 is 2.57 bits per heavy atom. The van der Waals surface area contributed by atoms with Crippen LogP contribution in [0.1, 0.15) is 34.5 Å². The molecule has 0 radical (unpaired) electrons. The molecular formula is C17H21N3O. The van der Waals surface area contributed by atoms with Crippen LogP contribution in [-0.4, -0.2) is 25.0 Å². The number of carbonyl (C=O) groups excluding carboxylic acids is 1. The number of nitrogens with zero attached hydrogens (tertiary/aromatic N) is 2. The molecule has 0 saturated heterocycles. The Balaban J connectivity index is 2.21. The van der Waals surface area contributed by atoms with Crippen molar-refractivity contribution in [2.45, 2.75) is 19.9 Å². The molecule has 2 aromatic rings. The van der Waals surface area contributed by atoms with Crippen LogP contribution in [0.3, 0.4) is 0 Å². The Labute approximate surface area is 125 Å². The van der Waals surface area contributed by atoms with Crippen molar-refractivity contribution in [1.82, 2.24) is 10.3 Å². The number of hydrogen-bond donors (Lipinski definition) is 1. The highest BCUT2D eigenvalue weighted by Gasteiger charge is 2.17. The molecule has 21 heavy (non-hydrogen) atoms. The van der Waals surface area contributed by atoms with Crippen molar-refractivity contribution in [3.05, 3.63) is 59.3 Å². The standard InChI is InChI=1S/C17H21N3O/c1-12-8-5-6-9-14(12)13(2)19-17(21)15-10-7-11-18-16(15)20(3)4/h5-11,13H,1-4H3,(H,19,21). The van der Waals surface area contributed by atoms with Crippen LogP contribution in [0.5, 0.6) is 0 Å². The van der Waals surface area contributed by atoms with Gasteiger partial charge in [-0.15, -0.1) is 0 Å². The lowest BCUT2D eigenvalue weighted by molar-refractivity contribution is 0.0940. The first-order chi connectivity index (χ1) is 10.0. The maximum absolute atomic E-state index is 12.5. The summed E-state index contributed by atoms with van der Waals surface area (Å²) in [6.07, 6.45) is 1.69. The van der Waals surface area contributed by atoms with E-state index in [0.717, 1.165) is 5.56 Å². The van der Waals surface area contributed by atoms with Gasteiger partial charge in [0.25, 0.3) is 5.91 Å². The molecule has 1 amide bonds. The predicted molar refractivity (Wildman–Crippen MR) is 85.6 cm³/mol. The summed E-state index contributed by atoms with van der Waals surface area (Å²) in [5.74, 6) is 0.564. The highest BCUT2D eigenvalue weighted by atomic mass is 16.1. The Bertz CT molecular complexity index is 637. The summed E-state index contributed by atoms with van der Waals surface area (Å²) < 4.78 is 0.